The molecule has 0 amide bonds. The summed E-state index contributed by atoms with van der Waals surface area (Å²) in [6.07, 6.45) is 7.34. The van der Waals surface area contributed by atoms with Crippen LogP contribution in [0.5, 0.6) is 5.75 Å². The highest BCUT2D eigenvalue weighted by Crippen LogP contribution is 2.17. The van der Waals surface area contributed by atoms with E-state index < -0.39 is 0 Å². The van der Waals surface area contributed by atoms with E-state index in [1.165, 1.54) is 5.56 Å². The number of nitrogens with two attached hydrogens (primary N) is 3. The summed E-state index contributed by atoms with van der Waals surface area (Å²) in [6.45, 7) is 6.11. The molecule has 1 fully saturated rings. The van der Waals surface area contributed by atoms with Gasteiger partial charge in [-0.3, -0.25) is 9.79 Å². The molecule has 0 saturated carbocycles. The minimum absolute atomic E-state index is 0.00389. The lowest BCUT2D eigenvalue weighted by molar-refractivity contribution is -0.0434. The maximum absolute atomic E-state index is 10.2. The number of hydrogen-bond acceptors (Lipinski definition) is 10. The molecule has 2 unspecified atom stereocenters. The third-order valence-corrected chi connectivity index (χ3v) is 6.26. The molecule has 0 aliphatic carbocycles. The largest absolute Gasteiger partial charge is 0.492 e. The first-order valence-electron chi connectivity index (χ1n) is 13.5. The quantitative estimate of drug-likeness (QED) is 0.0904. The molecular formula is C27H43ClN8O4. The maximum atomic E-state index is 10.2. The summed E-state index contributed by atoms with van der Waals surface area (Å²) < 4.78 is 16.8. The number of anilines is 2. The average molecular weight is 579 g/mol. The Morgan fingerprint density at radius 1 is 1.12 bits per heavy atom. The van der Waals surface area contributed by atoms with Crippen molar-refractivity contribution in [3.8, 4) is 5.75 Å². The average Bonchev–Trinajstić information content (AvgIpc) is 3.37. The molecule has 0 bridgehead atoms. The maximum Gasteiger partial charge on any atom is 0.188 e. The first kappa shape index (κ1) is 33.0. The zero-order valence-electron chi connectivity index (χ0n) is 23.4. The third-order valence-electron chi connectivity index (χ3n) is 5.99. The monoisotopic (exact) mass is 578 g/mol. The van der Waals surface area contributed by atoms with E-state index in [0.29, 0.717) is 18.9 Å². The number of aliphatic imine (C=N–C) groups is 1. The lowest BCUT2D eigenvalue weighted by Gasteiger charge is -2.10. The van der Waals surface area contributed by atoms with Gasteiger partial charge in [-0.15, -0.1) is 0 Å². The van der Waals surface area contributed by atoms with Crippen molar-refractivity contribution in [2.45, 2.75) is 57.8 Å². The first-order valence-corrected chi connectivity index (χ1v) is 13.9. The van der Waals surface area contributed by atoms with Crippen LogP contribution in [0.4, 0.5) is 11.6 Å². The van der Waals surface area contributed by atoms with Gasteiger partial charge in [0.1, 0.15) is 18.1 Å². The topological polar surface area (TPSA) is 185 Å². The van der Waals surface area contributed by atoms with Crippen LogP contribution in [0.15, 0.2) is 29.3 Å². The van der Waals surface area contributed by atoms with Crippen molar-refractivity contribution in [1.82, 2.24) is 20.6 Å². The van der Waals surface area contributed by atoms with E-state index in [1.807, 2.05) is 6.92 Å². The number of ether oxygens (including phenoxy) is 3. The summed E-state index contributed by atoms with van der Waals surface area (Å²) in [4.78, 5) is 21.2. The van der Waals surface area contributed by atoms with Crippen LogP contribution in [0.25, 0.3) is 0 Å². The predicted octanol–water partition coefficient (Wildman–Crippen LogP) is 2.55. The lowest BCUT2D eigenvalue weighted by atomic mass is 10.1. The van der Waals surface area contributed by atoms with Gasteiger partial charge in [-0.1, -0.05) is 23.7 Å². The van der Waals surface area contributed by atoms with Gasteiger partial charge in [0.05, 0.1) is 12.7 Å². The number of halogens is 1. The minimum Gasteiger partial charge on any atom is -0.492 e. The van der Waals surface area contributed by atoms with E-state index in [-0.39, 0.29) is 34.9 Å². The number of aryl methyl sites for hydroxylation is 1. The van der Waals surface area contributed by atoms with Crippen LogP contribution in [0.3, 0.4) is 0 Å². The number of nitrogen functional groups attached to an aromatic ring is 2. The summed E-state index contributed by atoms with van der Waals surface area (Å²) in [5.41, 5.74) is 17.4. The van der Waals surface area contributed by atoms with Crippen molar-refractivity contribution in [1.29, 1.82) is 0 Å². The van der Waals surface area contributed by atoms with E-state index >= 15 is 0 Å². The third kappa shape index (κ3) is 13.2. The van der Waals surface area contributed by atoms with Gasteiger partial charge in [-0.05, 0) is 69.7 Å². The Kier molecular flexibility index (Phi) is 15.7. The number of guanidine groups is 1. The van der Waals surface area contributed by atoms with Crippen molar-refractivity contribution in [3.05, 3.63) is 40.7 Å². The molecule has 13 heteroatoms. The minimum atomic E-state index is -0.0347. The molecule has 1 aliphatic rings. The number of carbonyl (C=O) groups is 1. The zero-order chi connectivity index (χ0) is 29.2. The van der Waals surface area contributed by atoms with Crippen LogP contribution in [-0.2, 0) is 15.9 Å². The van der Waals surface area contributed by atoms with Crippen molar-refractivity contribution in [2.75, 3.05) is 51.4 Å². The van der Waals surface area contributed by atoms with Crippen LogP contribution < -0.4 is 32.6 Å². The van der Waals surface area contributed by atoms with E-state index in [4.69, 9.17) is 43.0 Å². The Labute approximate surface area is 241 Å². The fraction of sp³-hybridized carbons (Fsp3) is 0.556. The van der Waals surface area contributed by atoms with Crippen molar-refractivity contribution < 1.29 is 19.0 Å². The van der Waals surface area contributed by atoms with Gasteiger partial charge in [0.25, 0.3) is 0 Å². The lowest BCUT2D eigenvalue weighted by Crippen LogP contribution is -2.32. The molecule has 2 atom stereocenters. The number of rotatable bonds is 15. The molecule has 222 valence electrons. The molecule has 1 aliphatic heterocycles. The van der Waals surface area contributed by atoms with Crippen LogP contribution in [0.1, 0.15) is 55.1 Å². The van der Waals surface area contributed by atoms with Gasteiger partial charge in [0.15, 0.2) is 35.3 Å². The van der Waals surface area contributed by atoms with Crippen LogP contribution in [-0.4, -0.2) is 74.5 Å². The number of carbonyl (C=O) groups excluding carboxylic acids is 1. The molecule has 12 nitrogen and oxygen atoms in total. The van der Waals surface area contributed by atoms with E-state index in [1.54, 1.807) is 7.05 Å². The van der Waals surface area contributed by atoms with Crippen molar-refractivity contribution in [2.24, 2.45) is 10.7 Å². The molecule has 0 spiro atoms. The predicted molar refractivity (Wildman–Crippen MR) is 159 cm³/mol. The molecule has 2 heterocycles. The van der Waals surface area contributed by atoms with Gasteiger partial charge in [-0.2, -0.15) is 0 Å². The number of unbranched alkanes of at least 4 members (excludes halogenated alkanes) is 2. The number of nitrogens with zero attached hydrogens (tertiary/aromatic N) is 3. The SMILES string of the molecule is CN=C(N)NCCCCc1ccc(OCCNCCCCC2COC(C)O2)cc1.Nc1nc(N)c(C=O)nc1Cl. The highest BCUT2D eigenvalue weighted by Gasteiger charge is 2.21. The summed E-state index contributed by atoms with van der Waals surface area (Å²) in [5, 5.41) is 6.50. The Balaban J connectivity index is 0.000000425. The number of benzene rings is 1. The molecule has 2 aromatic rings. The van der Waals surface area contributed by atoms with Crippen LogP contribution in [0.2, 0.25) is 5.15 Å². The number of aldehydes is 1. The second-order valence-electron chi connectivity index (χ2n) is 9.18. The van der Waals surface area contributed by atoms with Crippen LogP contribution >= 0.6 is 11.6 Å². The Morgan fingerprint density at radius 2 is 1.88 bits per heavy atom. The fourth-order valence-electron chi connectivity index (χ4n) is 3.77. The van der Waals surface area contributed by atoms with Gasteiger partial charge in [-0.25, -0.2) is 9.97 Å². The second-order valence-corrected chi connectivity index (χ2v) is 9.54. The molecule has 1 aromatic carbocycles. The summed E-state index contributed by atoms with van der Waals surface area (Å²) in [7, 11) is 1.69. The van der Waals surface area contributed by atoms with Crippen molar-refractivity contribution >= 4 is 35.5 Å². The van der Waals surface area contributed by atoms with Gasteiger partial charge >= 0.3 is 0 Å². The van der Waals surface area contributed by atoms with Crippen LogP contribution in [0, 0.1) is 0 Å². The molecule has 3 rings (SSSR count). The summed E-state index contributed by atoms with van der Waals surface area (Å²) in [6, 6.07) is 8.40. The van der Waals surface area contributed by atoms with Gasteiger partial charge in [0.2, 0.25) is 0 Å². The van der Waals surface area contributed by atoms with Gasteiger partial charge < -0.3 is 42.0 Å². The summed E-state index contributed by atoms with van der Waals surface area (Å²) >= 11 is 5.45. The van der Waals surface area contributed by atoms with Gasteiger partial charge in [0, 0.05) is 20.1 Å². The number of nitrogens with one attached hydrogen (secondary N) is 2. The fourth-order valence-corrected chi connectivity index (χ4v) is 3.91. The number of hydrogen-bond donors (Lipinski definition) is 5. The highest BCUT2D eigenvalue weighted by atomic mass is 35.5. The molecule has 40 heavy (non-hydrogen) atoms. The zero-order valence-corrected chi connectivity index (χ0v) is 24.2. The van der Waals surface area contributed by atoms with E-state index in [9.17, 15) is 4.79 Å². The number of aromatic nitrogens is 2. The highest BCUT2D eigenvalue weighted by molar-refractivity contribution is 6.31. The molecule has 1 aromatic heterocycles. The second kappa shape index (κ2) is 19.0. The smallest absolute Gasteiger partial charge is 0.188 e. The first-order chi connectivity index (χ1) is 19.3. The van der Waals surface area contributed by atoms with E-state index in [0.717, 1.165) is 70.5 Å². The molecular weight excluding hydrogens is 536 g/mol. The molecule has 0 radical (unpaired) electrons. The van der Waals surface area contributed by atoms with E-state index in [2.05, 4.69) is 49.9 Å². The molecule has 1 saturated heterocycles. The Morgan fingerprint density at radius 3 is 2.55 bits per heavy atom. The standard InChI is InChI=1S/C22H38N4O3.C5H5ClN4O/c1-18-28-17-21(29-18)8-4-5-13-25-15-16-27-20-11-9-19(10-12-20)7-3-6-14-26-22(23)24-2;6-3-5(8)10-4(7)2(1-11)9-3/h9-12,18,21,25H,3-8,13-17H2,1-2H3,(H3,23,24,26);1H,(H4,7,8,10). The summed E-state index contributed by atoms with van der Waals surface area (Å²) in [5.74, 6) is 1.44. The van der Waals surface area contributed by atoms with Crippen molar-refractivity contribution in [3.63, 3.8) is 0 Å². The Hall–Kier alpha value is -3.19. The normalized spacial score (nSPS) is 16.7. The Bertz CT molecular complexity index is 1040. The molecule has 8 N–H and O–H groups in total.